The van der Waals surface area contributed by atoms with Gasteiger partial charge >= 0.3 is 0 Å². The van der Waals surface area contributed by atoms with Crippen molar-refractivity contribution in [2.24, 2.45) is 5.10 Å². The summed E-state index contributed by atoms with van der Waals surface area (Å²) in [6, 6.07) is 13.1. The number of benzene rings is 2. The molecule has 0 aliphatic heterocycles. The Bertz CT molecular complexity index is 868. The average molecular weight is 460 g/mol. The number of para-hydroxylation sites is 1. The highest BCUT2D eigenvalue weighted by Crippen LogP contribution is 2.22. The van der Waals surface area contributed by atoms with E-state index in [2.05, 4.69) is 38.7 Å². The van der Waals surface area contributed by atoms with Gasteiger partial charge in [0.1, 0.15) is 5.75 Å². The Hall–Kier alpha value is -2.67. The highest BCUT2D eigenvalue weighted by Gasteiger charge is 2.08. The molecule has 154 valence electrons. The molecule has 0 aliphatic rings. The molecule has 2 rings (SSSR count). The number of rotatable bonds is 10. The topological polar surface area (TPSA) is 79.8 Å². The van der Waals surface area contributed by atoms with Gasteiger partial charge < -0.3 is 10.1 Å². The van der Waals surface area contributed by atoms with Crippen LogP contribution in [0.25, 0.3) is 0 Å². The Balaban J connectivity index is 1.82. The lowest BCUT2D eigenvalue weighted by molar-refractivity contribution is -0.124. The van der Waals surface area contributed by atoms with Gasteiger partial charge in [-0.25, -0.2) is 5.43 Å². The number of anilines is 1. The number of hydrogen-bond donors (Lipinski definition) is 2. The summed E-state index contributed by atoms with van der Waals surface area (Å²) in [4.78, 5) is 24.0. The second-order valence-electron chi connectivity index (χ2n) is 6.54. The van der Waals surface area contributed by atoms with E-state index >= 15 is 0 Å². The van der Waals surface area contributed by atoms with E-state index in [1.807, 2.05) is 49.4 Å². The van der Waals surface area contributed by atoms with Crippen LogP contribution >= 0.6 is 15.9 Å². The minimum atomic E-state index is -0.329. The van der Waals surface area contributed by atoms with Crippen molar-refractivity contribution in [1.82, 2.24) is 5.43 Å². The molecule has 0 saturated heterocycles. The third-order valence-corrected chi connectivity index (χ3v) is 4.61. The number of unbranched alkanes of at least 4 members (excludes halogenated alkanes) is 1. The number of nitrogens with zero attached hydrogens (tertiary/aromatic N) is 1. The summed E-state index contributed by atoms with van der Waals surface area (Å²) in [5.41, 5.74) is 4.94. The molecule has 2 N–H and O–H groups in total. The van der Waals surface area contributed by atoms with Gasteiger partial charge in [0.15, 0.2) is 0 Å². The molecule has 0 radical (unpaired) electrons. The zero-order valence-electron chi connectivity index (χ0n) is 16.7. The Morgan fingerprint density at radius 3 is 2.66 bits per heavy atom. The molecule has 29 heavy (non-hydrogen) atoms. The van der Waals surface area contributed by atoms with E-state index in [9.17, 15) is 9.59 Å². The maximum Gasteiger partial charge on any atom is 0.240 e. The van der Waals surface area contributed by atoms with Gasteiger partial charge in [-0.1, -0.05) is 47.5 Å². The van der Waals surface area contributed by atoms with Gasteiger partial charge in [-0.3, -0.25) is 9.59 Å². The molecule has 7 heteroatoms. The molecule has 0 unspecified atom stereocenters. The molecule has 6 nitrogen and oxygen atoms in total. The fraction of sp³-hybridized carbons (Fsp3) is 0.318. The molecule has 0 spiro atoms. The van der Waals surface area contributed by atoms with Crippen LogP contribution in [0.1, 0.15) is 43.7 Å². The van der Waals surface area contributed by atoms with E-state index in [0.717, 1.165) is 34.1 Å². The van der Waals surface area contributed by atoms with E-state index in [1.54, 1.807) is 0 Å². The molecule has 0 aromatic heterocycles. The fourth-order valence-corrected chi connectivity index (χ4v) is 2.84. The SMILES string of the molecule is CCCCOc1ccc(Br)cc1C=NNC(=O)CCC(=O)Nc1ccccc1C. The molecular formula is C22H26BrN3O3. The molecular weight excluding hydrogens is 434 g/mol. The van der Waals surface area contributed by atoms with E-state index < -0.39 is 0 Å². The van der Waals surface area contributed by atoms with Crippen molar-refractivity contribution in [2.75, 3.05) is 11.9 Å². The third kappa shape index (κ3) is 8.07. The molecule has 2 amide bonds. The first-order valence-corrected chi connectivity index (χ1v) is 10.4. The second kappa shape index (κ2) is 12.0. The number of carbonyl (C=O) groups is 2. The number of hydrogen-bond acceptors (Lipinski definition) is 4. The molecule has 2 aromatic rings. The lowest BCUT2D eigenvalue weighted by atomic mass is 10.2. The predicted octanol–water partition coefficient (Wildman–Crippen LogP) is 4.81. The smallest absolute Gasteiger partial charge is 0.240 e. The molecule has 0 saturated carbocycles. The summed E-state index contributed by atoms with van der Waals surface area (Å²) < 4.78 is 6.65. The quantitative estimate of drug-likeness (QED) is 0.304. The number of aryl methyl sites for hydroxylation is 1. The number of carbonyl (C=O) groups excluding carboxylic acids is 2. The van der Waals surface area contributed by atoms with Crippen molar-refractivity contribution >= 4 is 39.6 Å². The van der Waals surface area contributed by atoms with Crippen molar-refractivity contribution in [2.45, 2.75) is 39.5 Å². The summed E-state index contributed by atoms with van der Waals surface area (Å²) in [6.07, 6.45) is 3.68. The average Bonchev–Trinajstić information content (AvgIpc) is 2.70. The standard InChI is InChI=1S/C22H26BrN3O3/c1-3-4-13-29-20-10-9-18(23)14-17(20)15-24-26-22(28)12-11-21(27)25-19-8-6-5-7-16(19)2/h5-10,14-15H,3-4,11-13H2,1-2H3,(H,25,27)(H,26,28). The van der Waals surface area contributed by atoms with Crippen LogP contribution < -0.4 is 15.5 Å². The molecule has 0 heterocycles. The van der Waals surface area contributed by atoms with Gasteiger partial charge in [0.05, 0.1) is 12.8 Å². The maximum absolute atomic E-state index is 12.0. The first-order chi connectivity index (χ1) is 14.0. The van der Waals surface area contributed by atoms with Gasteiger partial charge in [-0.05, 0) is 43.2 Å². The van der Waals surface area contributed by atoms with Gasteiger partial charge in [-0.2, -0.15) is 5.10 Å². The number of halogens is 1. The van der Waals surface area contributed by atoms with Crippen LogP contribution in [-0.4, -0.2) is 24.6 Å². The third-order valence-electron chi connectivity index (χ3n) is 4.12. The molecule has 2 aromatic carbocycles. The molecule has 0 atom stereocenters. The summed E-state index contributed by atoms with van der Waals surface area (Å²) in [5.74, 6) is 0.166. The molecule has 0 bridgehead atoms. The van der Waals surface area contributed by atoms with Crippen LogP contribution in [0, 0.1) is 6.92 Å². The van der Waals surface area contributed by atoms with Crippen LogP contribution in [-0.2, 0) is 9.59 Å². The number of hydrazone groups is 1. The van der Waals surface area contributed by atoms with Crippen molar-refractivity contribution < 1.29 is 14.3 Å². The normalized spacial score (nSPS) is 10.7. The van der Waals surface area contributed by atoms with Crippen molar-refractivity contribution in [3.8, 4) is 5.75 Å². The number of amides is 2. The van der Waals surface area contributed by atoms with E-state index in [4.69, 9.17) is 4.74 Å². The Morgan fingerprint density at radius 2 is 1.90 bits per heavy atom. The van der Waals surface area contributed by atoms with Gasteiger partial charge in [0, 0.05) is 28.6 Å². The lowest BCUT2D eigenvalue weighted by Gasteiger charge is -2.09. The first kappa shape index (κ1) is 22.6. The largest absolute Gasteiger partial charge is 0.493 e. The fourth-order valence-electron chi connectivity index (χ4n) is 2.46. The summed E-state index contributed by atoms with van der Waals surface area (Å²) in [6.45, 7) is 4.64. The summed E-state index contributed by atoms with van der Waals surface area (Å²) >= 11 is 3.42. The van der Waals surface area contributed by atoms with Crippen molar-refractivity contribution in [1.29, 1.82) is 0 Å². The van der Waals surface area contributed by atoms with E-state index in [0.29, 0.717) is 12.4 Å². The Kier molecular flexibility index (Phi) is 9.37. The first-order valence-electron chi connectivity index (χ1n) is 9.59. The van der Waals surface area contributed by atoms with Gasteiger partial charge in [0.2, 0.25) is 11.8 Å². The summed E-state index contributed by atoms with van der Waals surface area (Å²) in [7, 11) is 0. The molecule has 0 fully saturated rings. The maximum atomic E-state index is 12.0. The highest BCUT2D eigenvalue weighted by molar-refractivity contribution is 9.10. The highest BCUT2D eigenvalue weighted by atomic mass is 79.9. The minimum absolute atomic E-state index is 0.0490. The van der Waals surface area contributed by atoms with Gasteiger partial charge in [-0.15, -0.1) is 0 Å². The minimum Gasteiger partial charge on any atom is -0.493 e. The van der Waals surface area contributed by atoms with Crippen LogP contribution in [0.5, 0.6) is 5.75 Å². The van der Waals surface area contributed by atoms with Crippen LogP contribution in [0.3, 0.4) is 0 Å². The zero-order valence-corrected chi connectivity index (χ0v) is 18.3. The van der Waals surface area contributed by atoms with Crippen molar-refractivity contribution in [3.05, 3.63) is 58.1 Å². The molecule has 0 aliphatic carbocycles. The lowest BCUT2D eigenvalue weighted by Crippen LogP contribution is -2.21. The second-order valence-corrected chi connectivity index (χ2v) is 7.46. The predicted molar refractivity (Wildman–Crippen MR) is 119 cm³/mol. The number of nitrogens with one attached hydrogen (secondary N) is 2. The Labute approximate surface area is 179 Å². The van der Waals surface area contributed by atoms with E-state index in [-0.39, 0.29) is 24.7 Å². The van der Waals surface area contributed by atoms with Crippen LogP contribution in [0.4, 0.5) is 5.69 Å². The van der Waals surface area contributed by atoms with Crippen LogP contribution in [0.2, 0.25) is 0 Å². The number of ether oxygens (including phenoxy) is 1. The van der Waals surface area contributed by atoms with Crippen molar-refractivity contribution in [3.63, 3.8) is 0 Å². The van der Waals surface area contributed by atoms with Crippen LogP contribution in [0.15, 0.2) is 52.0 Å². The van der Waals surface area contributed by atoms with E-state index in [1.165, 1.54) is 6.21 Å². The summed E-state index contributed by atoms with van der Waals surface area (Å²) in [5, 5.41) is 6.80. The Morgan fingerprint density at radius 1 is 1.14 bits per heavy atom. The zero-order chi connectivity index (χ0) is 21.1. The monoisotopic (exact) mass is 459 g/mol. The van der Waals surface area contributed by atoms with Gasteiger partial charge in [0.25, 0.3) is 0 Å².